The van der Waals surface area contributed by atoms with Gasteiger partial charge in [-0.2, -0.15) is 0 Å². The zero-order valence-corrected chi connectivity index (χ0v) is 20.2. The summed E-state index contributed by atoms with van der Waals surface area (Å²) in [6.07, 6.45) is 2.04. The lowest BCUT2D eigenvalue weighted by molar-refractivity contribution is 0.0951. The predicted molar refractivity (Wildman–Crippen MR) is 132 cm³/mol. The summed E-state index contributed by atoms with van der Waals surface area (Å²) in [6.45, 7) is 3.62. The third-order valence-electron chi connectivity index (χ3n) is 5.74. The summed E-state index contributed by atoms with van der Waals surface area (Å²) < 4.78 is 42.1. The molecule has 0 spiro atoms. The zero-order chi connectivity index (χ0) is 24.3. The van der Waals surface area contributed by atoms with Gasteiger partial charge in [0.2, 0.25) is 0 Å². The third kappa shape index (κ3) is 5.51. The SMILES string of the molecule is Cc1ccc(S(=O)(=O)Nc2cc(C(=O)NCc3ccc(F)cc3Cl)ccc2N2CCCC2)cc1. The van der Waals surface area contributed by atoms with Crippen molar-refractivity contribution in [1.82, 2.24) is 5.32 Å². The normalized spacial score (nSPS) is 13.7. The molecule has 0 atom stereocenters. The molecule has 2 N–H and O–H groups in total. The fourth-order valence-corrected chi connectivity index (χ4v) is 5.16. The number of rotatable bonds is 7. The van der Waals surface area contributed by atoms with Crippen molar-refractivity contribution in [2.45, 2.75) is 31.2 Å². The summed E-state index contributed by atoms with van der Waals surface area (Å²) >= 11 is 6.04. The molecule has 0 radical (unpaired) electrons. The highest BCUT2D eigenvalue weighted by atomic mass is 35.5. The Kier molecular flexibility index (Phi) is 7.09. The van der Waals surface area contributed by atoms with Gasteiger partial charge < -0.3 is 10.2 Å². The lowest BCUT2D eigenvalue weighted by Gasteiger charge is -2.23. The van der Waals surface area contributed by atoms with E-state index in [2.05, 4.69) is 14.9 Å². The molecule has 1 fully saturated rings. The molecule has 6 nitrogen and oxygen atoms in total. The Morgan fingerprint density at radius 3 is 2.41 bits per heavy atom. The summed E-state index contributed by atoms with van der Waals surface area (Å²) in [7, 11) is -3.85. The van der Waals surface area contributed by atoms with Crippen molar-refractivity contribution in [1.29, 1.82) is 0 Å². The molecule has 0 bridgehead atoms. The molecule has 0 unspecified atom stereocenters. The van der Waals surface area contributed by atoms with Crippen LogP contribution < -0.4 is 14.9 Å². The smallest absolute Gasteiger partial charge is 0.261 e. The molecule has 34 heavy (non-hydrogen) atoms. The minimum absolute atomic E-state index is 0.107. The van der Waals surface area contributed by atoms with Crippen LogP contribution in [0.1, 0.15) is 34.3 Å². The van der Waals surface area contributed by atoms with Gasteiger partial charge in [-0.05, 0) is 67.8 Å². The molecule has 9 heteroatoms. The zero-order valence-electron chi connectivity index (χ0n) is 18.6. The maximum atomic E-state index is 13.3. The number of benzene rings is 3. The largest absolute Gasteiger partial charge is 0.370 e. The molecular formula is C25H25ClFN3O3S. The summed E-state index contributed by atoms with van der Waals surface area (Å²) in [5.41, 5.74) is 2.89. The van der Waals surface area contributed by atoms with Gasteiger partial charge in [0.15, 0.2) is 0 Å². The molecule has 0 aliphatic carbocycles. The van der Waals surface area contributed by atoms with Crippen molar-refractivity contribution >= 4 is 38.9 Å². The second kappa shape index (κ2) is 10.0. The van der Waals surface area contributed by atoms with Gasteiger partial charge in [0.1, 0.15) is 5.82 Å². The van der Waals surface area contributed by atoms with Gasteiger partial charge in [-0.1, -0.05) is 35.4 Å². The number of amides is 1. The van der Waals surface area contributed by atoms with Gasteiger partial charge in [-0.25, -0.2) is 12.8 Å². The summed E-state index contributed by atoms with van der Waals surface area (Å²) in [5, 5.41) is 2.97. The van der Waals surface area contributed by atoms with E-state index in [-0.39, 0.29) is 16.5 Å². The molecule has 1 amide bonds. The van der Waals surface area contributed by atoms with E-state index < -0.39 is 21.7 Å². The van der Waals surface area contributed by atoms with E-state index in [9.17, 15) is 17.6 Å². The number of anilines is 2. The maximum Gasteiger partial charge on any atom is 0.261 e. The van der Waals surface area contributed by atoms with Crippen LogP contribution in [0.4, 0.5) is 15.8 Å². The highest BCUT2D eigenvalue weighted by Crippen LogP contribution is 2.32. The number of nitrogens with zero attached hydrogens (tertiary/aromatic N) is 1. The Balaban J connectivity index is 1.60. The van der Waals surface area contributed by atoms with Crippen LogP contribution in [0.5, 0.6) is 0 Å². The van der Waals surface area contributed by atoms with Crippen molar-refractivity contribution in [3.05, 3.63) is 88.2 Å². The van der Waals surface area contributed by atoms with E-state index in [0.29, 0.717) is 16.8 Å². The number of nitrogens with one attached hydrogen (secondary N) is 2. The number of carbonyl (C=O) groups is 1. The number of hydrogen-bond donors (Lipinski definition) is 2. The molecule has 1 aliphatic rings. The van der Waals surface area contributed by atoms with Gasteiger partial charge >= 0.3 is 0 Å². The first-order chi connectivity index (χ1) is 16.2. The molecule has 1 aliphatic heterocycles. The molecule has 1 saturated heterocycles. The van der Waals surface area contributed by atoms with Gasteiger partial charge in [-0.3, -0.25) is 9.52 Å². The lowest BCUT2D eigenvalue weighted by atomic mass is 10.1. The summed E-state index contributed by atoms with van der Waals surface area (Å²) in [4.78, 5) is 15.1. The van der Waals surface area contributed by atoms with E-state index in [4.69, 9.17) is 11.6 Å². The minimum atomic E-state index is -3.85. The first-order valence-corrected chi connectivity index (χ1v) is 12.8. The molecule has 0 aromatic heterocycles. The molecule has 4 rings (SSSR count). The minimum Gasteiger partial charge on any atom is -0.370 e. The van der Waals surface area contributed by atoms with Gasteiger partial charge in [0.25, 0.3) is 15.9 Å². The van der Waals surface area contributed by atoms with Crippen LogP contribution in [0.2, 0.25) is 5.02 Å². The first kappa shape index (κ1) is 24.0. The summed E-state index contributed by atoms with van der Waals surface area (Å²) in [6, 6.07) is 15.5. The molecule has 178 valence electrons. The standard InChI is InChI=1S/C25H25ClFN3O3S/c1-17-4-9-21(10-5-17)34(32,33)29-23-14-18(7-11-24(23)30-12-2-3-13-30)25(31)28-16-19-6-8-20(27)15-22(19)26/h4-11,14-15,29H,2-3,12-13,16H2,1H3,(H,28,31). The lowest BCUT2D eigenvalue weighted by Crippen LogP contribution is -2.25. The second-order valence-electron chi connectivity index (χ2n) is 8.26. The van der Waals surface area contributed by atoms with Crippen LogP contribution in [0.25, 0.3) is 0 Å². The number of aryl methyl sites for hydroxylation is 1. The topological polar surface area (TPSA) is 78.5 Å². The van der Waals surface area contributed by atoms with E-state index >= 15 is 0 Å². The Bertz CT molecular complexity index is 1310. The third-order valence-corrected chi connectivity index (χ3v) is 7.47. The van der Waals surface area contributed by atoms with Crippen molar-refractivity contribution < 1.29 is 17.6 Å². The van der Waals surface area contributed by atoms with Crippen LogP contribution in [-0.4, -0.2) is 27.4 Å². The molecule has 3 aromatic carbocycles. The quantitative estimate of drug-likeness (QED) is 0.471. The van der Waals surface area contributed by atoms with E-state index in [0.717, 1.165) is 37.2 Å². The first-order valence-electron chi connectivity index (χ1n) is 10.9. The number of carbonyl (C=O) groups excluding carboxylic acids is 1. The fraction of sp³-hybridized carbons (Fsp3) is 0.240. The average molecular weight is 502 g/mol. The molecule has 1 heterocycles. The monoisotopic (exact) mass is 501 g/mol. The van der Waals surface area contributed by atoms with Gasteiger partial charge in [0, 0.05) is 30.2 Å². The second-order valence-corrected chi connectivity index (χ2v) is 10.4. The van der Waals surface area contributed by atoms with Crippen LogP contribution in [-0.2, 0) is 16.6 Å². The highest BCUT2D eigenvalue weighted by Gasteiger charge is 2.22. The molecular weight excluding hydrogens is 477 g/mol. The Labute approximate surface area is 203 Å². The van der Waals surface area contributed by atoms with E-state index in [1.165, 1.54) is 18.2 Å². The van der Waals surface area contributed by atoms with Crippen molar-refractivity contribution in [2.75, 3.05) is 22.7 Å². The van der Waals surface area contributed by atoms with Crippen LogP contribution >= 0.6 is 11.6 Å². The molecule has 3 aromatic rings. The van der Waals surface area contributed by atoms with Crippen molar-refractivity contribution in [2.24, 2.45) is 0 Å². The Hall–Kier alpha value is -3.10. The summed E-state index contributed by atoms with van der Waals surface area (Å²) in [5.74, 6) is -0.854. The van der Waals surface area contributed by atoms with Crippen molar-refractivity contribution in [3.63, 3.8) is 0 Å². The van der Waals surface area contributed by atoms with Gasteiger partial charge in [-0.15, -0.1) is 0 Å². The maximum absolute atomic E-state index is 13.3. The Morgan fingerprint density at radius 1 is 1.03 bits per heavy atom. The fourth-order valence-electron chi connectivity index (χ4n) is 3.86. The van der Waals surface area contributed by atoms with Crippen LogP contribution in [0.3, 0.4) is 0 Å². The number of hydrogen-bond acceptors (Lipinski definition) is 4. The van der Waals surface area contributed by atoms with E-state index in [1.54, 1.807) is 42.5 Å². The molecule has 0 saturated carbocycles. The number of sulfonamides is 1. The van der Waals surface area contributed by atoms with Gasteiger partial charge in [0.05, 0.1) is 16.3 Å². The van der Waals surface area contributed by atoms with E-state index in [1.807, 2.05) is 6.92 Å². The van der Waals surface area contributed by atoms with Crippen molar-refractivity contribution in [3.8, 4) is 0 Å². The highest BCUT2D eigenvalue weighted by molar-refractivity contribution is 7.92. The predicted octanol–water partition coefficient (Wildman–Crippen LogP) is 5.12. The number of halogens is 2. The van der Waals surface area contributed by atoms with Crippen LogP contribution in [0, 0.1) is 12.7 Å². The van der Waals surface area contributed by atoms with Crippen LogP contribution in [0.15, 0.2) is 65.6 Å². The average Bonchev–Trinajstić information content (AvgIpc) is 3.33. The Morgan fingerprint density at radius 2 is 1.74 bits per heavy atom.